The molecule has 0 bridgehead atoms. The van der Waals surface area contributed by atoms with Gasteiger partial charge in [-0.25, -0.2) is 4.98 Å². The van der Waals surface area contributed by atoms with Gasteiger partial charge in [-0.05, 0) is 36.2 Å². The fraction of sp³-hybridized carbons (Fsp3) is 0.0909. The molecule has 128 valence electrons. The standard InChI is InChI=1S/C22H18N2O2/c25-20-13-7-5-11-18(20)21-23-19-12-6-4-10-17(19)22(26)24(21)15-14-16-8-2-1-3-9-16/h1-13,25H,14-15H2. The average molecular weight is 342 g/mol. The quantitative estimate of drug-likeness (QED) is 0.610. The van der Waals surface area contributed by atoms with Gasteiger partial charge in [0, 0.05) is 6.54 Å². The Hall–Kier alpha value is -3.40. The molecule has 0 atom stereocenters. The second kappa shape index (κ2) is 6.84. The molecular formula is C22H18N2O2. The minimum atomic E-state index is -0.0928. The molecule has 0 aliphatic heterocycles. The van der Waals surface area contributed by atoms with Gasteiger partial charge in [0.05, 0.1) is 16.5 Å². The van der Waals surface area contributed by atoms with Gasteiger partial charge in [0.15, 0.2) is 0 Å². The van der Waals surface area contributed by atoms with E-state index in [2.05, 4.69) is 4.98 Å². The van der Waals surface area contributed by atoms with E-state index in [1.165, 1.54) is 0 Å². The van der Waals surface area contributed by atoms with Crippen LogP contribution in [-0.2, 0) is 13.0 Å². The second-order valence-corrected chi connectivity index (χ2v) is 6.16. The van der Waals surface area contributed by atoms with Crippen LogP contribution in [0.15, 0.2) is 83.7 Å². The smallest absolute Gasteiger partial charge is 0.261 e. The summed E-state index contributed by atoms with van der Waals surface area (Å²) in [5.74, 6) is 0.603. The lowest BCUT2D eigenvalue weighted by Crippen LogP contribution is -2.24. The lowest BCUT2D eigenvalue weighted by molar-refractivity contribution is 0.476. The van der Waals surface area contributed by atoms with Crippen LogP contribution in [0, 0.1) is 0 Å². The maximum absolute atomic E-state index is 13.1. The fourth-order valence-electron chi connectivity index (χ4n) is 3.13. The molecule has 4 heteroatoms. The molecule has 4 rings (SSSR count). The Kier molecular flexibility index (Phi) is 4.23. The minimum Gasteiger partial charge on any atom is -0.507 e. The van der Waals surface area contributed by atoms with Crippen molar-refractivity contribution in [2.75, 3.05) is 0 Å². The van der Waals surface area contributed by atoms with Crippen LogP contribution in [-0.4, -0.2) is 14.7 Å². The number of hydrogen-bond donors (Lipinski definition) is 1. The molecule has 0 radical (unpaired) electrons. The molecule has 0 amide bonds. The highest BCUT2D eigenvalue weighted by molar-refractivity contribution is 5.80. The van der Waals surface area contributed by atoms with Crippen LogP contribution in [0.25, 0.3) is 22.3 Å². The summed E-state index contributed by atoms with van der Waals surface area (Å²) in [6.45, 7) is 0.490. The molecule has 0 spiro atoms. The van der Waals surface area contributed by atoms with Crippen molar-refractivity contribution in [3.8, 4) is 17.1 Å². The van der Waals surface area contributed by atoms with Gasteiger partial charge < -0.3 is 5.11 Å². The van der Waals surface area contributed by atoms with Crippen molar-refractivity contribution in [3.63, 3.8) is 0 Å². The second-order valence-electron chi connectivity index (χ2n) is 6.16. The van der Waals surface area contributed by atoms with E-state index in [1.807, 2.05) is 54.6 Å². The van der Waals surface area contributed by atoms with Gasteiger partial charge in [0.2, 0.25) is 0 Å². The van der Waals surface area contributed by atoms with Crippen molar-refractivity contribution in [1.29, 1.82) is 0 Å². The molecular weight excluding hydrogens is 324 g/mol. The third-order valence-corrected chi connectivity index (χ3v) is 4.47. The minimum absolute atomic E-state index is 0.0928. The summed E-state index contributed by atoms with van der Waals surface area (Å²) in [5.41, 5.74) is 2.25. The van der Waals surface area contributed by atoms with E-state index in [9.17, 15) is 9.90 Å². The summed E-state index contributed by atoms with van der Waals surface area (Å²) in [6.07, 6.45) is 0.710. The number of aromatic hydroxyl groups is 1. The SMILES string of the molecule is O=c1c2ccccc2nc(-c2ccccc2O)n1CCc1ccccc1. The number of nitrogens with zero attached hydrogens (tertiary/aromatic N) is 2. The van der Waals surface area contributed by atoms with Crippen molar-refractivity contribution >= 4 is 10.9 Å². The van der Waals surface area contributed by atoms with Gasteiger partial charge in [-0.3, -0.25) is 9.36 Å². The summed E-state index contributed by atoms with van der Waals surface area (Å²) in [7, 11) is 0. The first kappa shape index (κ1) is 16.1. The van der Waals surface area contributed by atoms with Crippen LogP contribution in [0.2, 0.25) is 0 Å². The van der Waals surface area contributed by atoms with Crippen LogP contribution in [0.5, 0.6) is 5.75 Å². The van der Waals surface area contributed by atoms with Crippen LogP contribution in [0.3, 0.4) is 0 Å². The molecule has 1 aromatic heterocycles. The monoisotopic (exact) mass is 342 g/mol. The molecule has 0 saturated carbocycles. The highest BCUT2D eigenvalue weighted by Gasteiger charge is 2.15. The topological polar surface area (TPSA) is 55.1 Å². The van der Waals surface area contributed by atoms with Crippen molar-refractivity contribution in [3.05, 3.63) is 94.8 Å². The molecule has 0 unspecified atom stereocenters. The van der Waals surface area contributed by atoms with Crippen molar-refractivity contribution in [2.24, 2.45) is 0 Å². The first-order valence-electron chi connectivity index (χ1n) is 8.56. The van der Waals surface area contributed by atoms with Crippen LogP contribution < -0.4 is 5.56 Å². The zero-order valence-electron chi connectivity index (χ0n) is 14.2. The predicted octanol–water partition coefficient (Wildman–Crippen LogP) is 4.01. The predicted molar refractivity (Wildman–Crippen MR) is 103 cm³/mol. The zero-order valence-corrected chi connectivity index (χ0v) is 14.2. The number of phenols is 1. The summed E-state index contributed by atoms with van der Waals surface area (Å²) in [4.78, 5) is 17.8. The van der Waals surface area contributed by atoms with E-state index >= 15 is 0 Å². The van der Waals surface area contributed by atoms with E-state index in [-0.39, 0.29) is 11.3 Å². The molecule has 1 heterocycles. The van der Waals surface area contributed by atoms with Crippen molar-refractivity contribution in [1.82, 2.24) is 9.55 Å². The van der Waals surface area contributed by atoms with E-state index in [1.54, 1.807) is 28.8 Å². The molecule has 0 aliphatic carbocycles. The van der Waals surface area contributed by atoms with Gasteiger partial charge in [0.1, 0.15) is 11.6 Å². The van der Waals surface area contributed by atoms with E-state index in [0.29, 0.717) is 35.3 Å². The Morgan fingerprint density at radius 2 is 1.54 bits per heavy atom. The number of aromatic nitrogens is 2. The number of para-hydroxylation sites is 2. The van der Waals surface area contributed by atoms with E-state index in [0.717, 1.165) is 5.56 Å². The number of hydrogen-bond acceptors (Lipinski definition) is 3. The van der Waals surface area contributed by atoms with Crippen molar-refractivity contribution < 1.29 is 5.11 Å². The largest absolute Gasteiger partial charge is 0.507 e. The molecule has 4 nitrogen and oxygen atoms in total. The van der Waals surface area contributed by atoms with Gasteiger partial charge >= 0.3 is 0 Å². The number of phenolic OH excluding ortho intramolecular Hbond substituents is 1. The molecule has 1 N–H and O–H groups in total. The van der Waals surface area contributed by atoms with Crippen molar-refractivity contribution in [2.45, 2.75) is 13.0 Å². The van der Waals surface area contributed by atoms with E-state index in [4.69, 9.17) is 0 Å². The Balaban J connectivity index is 1.88. The summed E-state index contributed by atoms with van der Waals surface area (Å²) in [6, 6.07) is 24.3. The van der Waals surface area contributed by atoms with Crippen LogP contribution in [0.4, 0.5) is 0 Å². The summed E-state index contributed by atoms with van der Waals surface area (Å²) < 4.78 is 1.66. The maximum atomic E-state index is 13.1. The zero-order chi connectivity index (χ0) is 17.9. The molecule has 3 aromatic carbocycles. The highest BCUT2D eigenvalue weighted by atomic mass is 16.3. The van der Waals surface area contributed by atoms with Gasteiger partial charge in [-0.1, -0.05) is 54.6 Å². The lowest BCUT2D eigenvalue weighted by Gasteiger charge is -2.14. The Morgan fingerprint density at radius 3 is 2.35 bits per heavy atom. The third-order valence-electron chi connectivity index (χ3n) is 4.47. The lowest BCUT2D eigenvalue weighted by atomic mass is 10.1. The highest BCUT2D eigenvalue weighted by Crippen LogP contribution is 2.27. The Morgan fingerprint density at radius 1 is 0.846 bits per heavy atom. The average Bonchev–Trinajstić information content (AvgIpc) is 2.68. The molecule has 0 fully saturated rings. The number of rotatable bonds is 4. The van der Waals surface area contributed by atoms with Gasteiger partial charge in [-0.15, -0.1) is 0 Å². The normalized spacial score (nSPS) is 10.9. The number of benzene rings is 3. The maximum Gasteiger partial charge on any atom is 0.261 e. The summed E-state index contributed by atoms with van der Waals surface area (Å²) in [5, 5.41) is 10.9. The molecule has 26 heavy (non-hydrogen) atoms. The van der Waals surface area contributed by atoms with Crippen LogP contribution >= 0.6 is 0 Å². The Labute approximate surface area is 151 Å². The first-order chi connectivity index (χ1) is 12.7. The molecule has 4 aromatic rings. The fourth-order valence-corrected chi connectivity index (χ4v) is 3.13. The Bertz CT molecular complexity index is 1120. The van der Waals surface area contributed by atoms with Gasteiger partial charge in [0.25, 0.3) is 5.56 Å². The van der Waals surface area contributed by atoms with Crippen LogP contribution in [0.1, 0.15) is 5.56 Å². The number of aryl methyl sites for hydroxylation is 1. The molecule has 0 saturated heterocycles. The van der Waals surface area contributed by atoms with E-state index < -0.39 is 0 Å². The first-order valence-corrected chi connectivity index (χ1v) is 8.56. The number of fused-ring (bicyclic) bond motifs is 1. The van der Waals surface area contributed by atoms with Gasteiger partial charge in [-0.2, -0.15) is 0 Å². The summed E-state index contributed by atoms with van der Waals surface area (Å²) >= 11 is 0. The molecule has 0 aliphatic rings. The third kappa shape index (κ3) is 2.97.